The molecule has 0 fully saturated rings. The van der Waals surface area contributed by atoms with Gasteiger partial charge in [-0.1, -0.05) is 23.7 Å². The van der Waals surface area contributed by atoms with Crippen molar-refractivity contribution >= 4 is 17.4 Å². The first kappa shape index (κ1) is 12.2. The number of hydrogen-bond donors (Lipinski definition) is 0. The molecule has 0 amide bonds. The van der Waals surface area contributed by atoms with Crippen molar-refractivity contribution in [1.29, 1.82) is 0 Å². The highest BCUT2D eigenvalue weighted by molar-refractivity contribution is 6.30. The van der Waals surface area contributed by atoms with E-state index in [4.69, 9.17) is 16.3 Å². The molecule has 2 nitrogen and oxygen atoms in total. The number of benzene rings is 1. The van der Waals surface area contributed by atoms with Crippen LogP contribution in [0.3, 0.4) is 0 Å². The fraction of sp³-hybridized carbons (Fsp3) is 0.357. The van der Waals surface area contributed by atoms with Crippen molar-refractivity contribution in [2.45, 2.75) is 25.7 Å². The highest BCUT2D eigenvalue weighted by Gasteiger charge is 2.22. The van der Waals surface area contributed by atoms with Gasteiger partial charge < -0.3 is 4.74 Å². The summed E-state index contributed by atoms with van der Waals surface area (Å²) in [7, 11) is 0. The quantitative estimate of drug-likeness (QED) is 0.818. The average molecular weight is 251 g/mol. The van der Waals surface area contributed by atoms with Gasteiger partial charge in [0, 0.05) is 23.9 Å². The van der Waals surface area contributed by atoms with E-state index in [-0.39, 0.29) is 11.7 Å². The number of ketones is 1. The Bertz CT molecular complexity index is 434. The van der Waals surface area contributed by atoms with Gasteiger partial charge in [0.2, 0.25) is 0 Å². The predicted molar refractivity (Wildman–Crippen MR) is 68.1 cm³/mol. The molecule has 0 spiro atoms. The number of allylic oxidation sites excluding steroid dienone is 2. The summed E-state index contributed by atoms with van der Waals surface area (Å²) in [6.07, 6.45) is 2.97. The first-order valence-electron chi connectivity index (χ1n) is 5.80. The first-order chi connectivity index (χ1) is 8.19. The molecular formula is C14H15ClO2. The van der Waals surface area contributed by atoms with E-state index in [1.54, 1.807) is 6.08 Å². The summed E-state index contributed by atoms with van der Waals surface area (Å²) in [5, 5.41) is 0.719. The van der Waals surface area contributed by atoms with Crippen LogP contribution in [0.15, 0.2) is 36.1 Å². The van der Waals surface area contributed by atoms with Crippen LogP contribution in [0.4, 0.5) is 0 Å². The molecule has 1 aromatic carbocycles. The van der Waals surface area contributed by atoms with Crippen LogP contribution in [0.25, 0.3) is 0 Å². The lowest BCUT2D eigenvalue weighted by Crippen LogP contribution is -2.14. The maximum atomic E-state index is 11.6. The standard InChI is InChI=1S/C14H15ClO2/c1-2-17-14-8-11(7-13(16)9-14)10-3-5-12(15)6-4-10/h3-6,9,11H,2,7-8H2,1H3. The summed E-state index contributed by atoms with van der Waals surface area (Å²) in [6.45, 7) is 2.53. The Morgan fingerprint density at radius 1 is 1.29 bits per heavy atom. The summed E-state index contributed by atoms with van der Waals surface area (Å²) < 4.78 is 5.44. The van der Waals surface area contributed by atoms with Crippen molar-refractivity contribution in [3.63, 3.8) is 0 Å². The second-order valence-corrected chi connectivity index (χ2v) is 4.60. The Balaban J connectivity index is 2.15. The zero-order valence-electron chi connectivity index (χ0n) is 9.78. The van der Waals surface area contributed by atoms with Gasteiger partial charge in [0.1, 0.15) is 5.76 Å². The van der Waals surface area contributed by atoms with Crippen LogP contribution in [-0.2, 0) is 9.53 Å². The van der Waals surface area contributed by atoms with E-state index in [0.717, 1.165) is 22.8 Å². The SMILES string of the molecule is CCOC1=CC(=O)CC(c2ccc(Cl)cc2)C1. The van der Waals surface area contributed by atoms with E-state index in [1.165, 1.54) is 0 Å². The summed E-state index contributed by atoms with van der Waals surface area (Å²) in [6, 6.07) is 7.68. The Morgan fingerprint density at radius 2 is 2.00 bits per heavy atom. The number of ether oxygens (including phenoxy) is 1. The molecule has 2 rings (SSSR count). The molecule has 1 unspecified atom stereocenters. The lowest BCUT2D eigenvalue weighted by Gasteiger charge is -2.22. The highest BCUT2D eigenvalue weighted by Crippen LogP contribution is 2.32. The van der Waals surface area contributed by atoms with Crippen LogP contribution in [0.1, 0.15) is 31.2 Å². The van der Waals surface area contributed by atoms with Gasteiger partial charge in [0.15, 0.2) is 5.78 Å². The molecule has 1 aliphatic carbocycles. The fourth-order valence-corrected chi connectivity index (χ4v) is 2.24. The monoisotopic (exact) mass is 250 g/mol. The van der Waals surface area contributed by atoms with Crippen LogP contribution in [-0.4, -0.2) is 12.4 Å². The molecule has 17 heavy (non-hydrogen) atoms. The maximum absolute atomic E-state index is 11.6. The van der Waals surface area contributed by atoms with Gasteiger partial charge in [-0.05, 0) is 30.5 Å². The predicted octanol–water partition coefficient (Wildman–Crippen LogP) is 3.71. The molecule has 1 aliphatic rings. The van der Waals surface area contributed by atoms with E-state index in [1.807, 2.05) is 31.2 Å². The molecule has 0 N–H and O–H groups in total. The smallest absolute Gasteiger partial charge is 0.159 e. The van der Waals surface area contributed by atoms with Crippen molar-refractivity contribution in [1.82, 2.24) is 0 Å². The van der Waals surface area contributed by atoms with Crippen molar-refractivity contribution in [3.05, 3.63) is 46.7 Å². The summed E-state index contributed by atoms with van der Waals surface area (Å²) in [5.74, 6) is 1.15. The molecule has 0 saturated heterocycles. The van der Waals surface area contributed by atoms with Gasteiger partial charge in [-0.25, -0.2) is 0 Å². The van der Waals surface area contributed by atoms with Crippen LogP contribution in [0.5, 0.6) is 0 Å². The molecule has 1 atom stereocenters. The average Bonchev–Trinajstić information content (AvgIpc) is 2.29. The Kier molecular flexibility index (Phi) is 3.85. The molecular weight excluding hydrogens is 236 g/mol. The first-order valence-corrected chi connectivity index (χ1v) is 6.18. The minimum atomic E-state index is 0.139. The lowest BCUT2D eigenvalue weighted by atomic mass is 9.86. The third kappa shape index (κ3) is 3.10. The van der Waals surface area contributed by atoms with Gasteiger partial charge in [-0.3, -0.25) is 4.79 Å². The molecule has 0 bridgehead atoms. The number of carbonyl (C=O) groups is 1. The zero-order chi connectivity index (χ0) is 12.3. The number of halogens is 1. The van der Waals surface area contributed by atoms with Crippen molar-refractivity contribution in [2.24, 2.45) is 0 Å². The van der Waals surface area contributed by atoms with Gasteiger partial charge in [-0.2, -0.15) is 0 Å². The molecule has 0 aromatic heterocycles. The van der Waals surface area contributed by atoms with E-state index < -0.39 is 0 Å². The third-order valence-electron chi connectivity index (χ3n) is 2.89. The van der Waals surface area contributed by atoms with E-state index in [2.05, 4.69) is 0 Å². The molecule has 0 aliphatic heterocycles. The topological polar surface area (TPSA) is 26.3 Å². The van der Waals surface area contributed by atoms with Crippen LogP contribution in [0, 0.1) is 0 Å². The molecule has 90 valence electrons. The van der Waals surface area contributed by atoms with Crippen LogP contribution >= 0.6 is 11.6 Å². The Morgan fingerprint density at radius 3 is 2.65 bits per heavy atom. The lowest BCUT2D eigenvalue weighted by molar-refractivity contribution is -0.115. The second kappa shape index (κ2) is 5.37. The Hall–Kier alpha value is -1.28. The van der Waals surface area contributed by atoms with Gasteiger partial charge in [0.05, 0.1) is 6.61 Å². The normalized spacial score (nSPS) is 20.0. The third-order valence-corrected chi connectivity index (χ3v) is 3.14. The number of carbonyl (C=O) groups excluding carboxylic acids is 1. The van der Waals surface area contributed by atoms with Crippen LogP contribution in [0.2, 0.25) is 5.02 Å². The molecule has 1 aromatic rings. The van der Waals surface area contributed by atoms with E-state index in [9.17, 15) is 4.79 Å². The summed E-state index contributed by atoms with van der Waals surface area (Å²) >= 11 is 5.85. The minimum absolute atomic E-state index is 0.139. The Labute approximate surface area is 106 Å². The number of rotatable bonds is 3. The zero-order valence-corrected chi connectivity index (χ0v) is 10.5. The van der Waals surface area contributed by atoms with Gasteiger partial charge in [-0.15, -0.1) is 0 Å². The molecule has 0 saturated carbocycles. The number of hydrogen-bond acceptors (Lipinski definition) is 2. The molecule has 0 radical (unpaired) electrons. The minimum Gasteiger partial charge on any atom is -0.498 e. The largest absolute Gasteiger partial charge is 0.498 e. The maximum Gasteiger partial charge on any atom is 0.159 e. The van der Waals surface area contributed by atoms with Crippen molar-refractivity contribution in [2.75, 3.05) is 6.61 Å². The van der Waals surface area contributed by atoms with E-state index in [0.29, 0.717) is 13.0 Å². The molecule has 0 heterocycles. The van der Waals surface area contributed by atoms with E-state index >= 15 is 0 Å². The summed E-state index contributed by atoms with van der Waals surface area (Å²) in [4.78, 5) is 11.6. The summed E-state index contributed by atoms with van der Waals surface area (Å²) in [5.41, 5.74) is 1.15. The van der Waals surface area contributed by atoms with Gasteiger partial charge in [0.25, 0.3) is 0 Å². The van der Waals surface area contributed by atoms with Gasteiger partial charge >= 0.3 is 0 Å². The molecule has 3 heteroatoms. The van der Waals surface area contributed by atoms with Crippen LogP contribution < -0.4 is 0 Å². The van der Waals surface area contributed by atoms with Crippen molar-refractivity contribution < 1.29 is 9.53 Å². The second-order valence-electron chi connectivity index (χ2n) is 4.17. The highest BCUT2D eigenvalue weighted by atomic mass is 35.5. The van der Waals surface area contributed by atoms with Crippen molar-refractivity contribution in [3.8, 4) is 0 Å². The fourth-order valence-electron chi connectivity index (χ4n) is 2.11.